The summed E-state index contributed by atoms with van der Waals surface area (Å²) in [6.07, 6.45) is -3.97. The number of halogens is 4. The van der Waals surface area contributed by atoms with Crippen LogP contribution in [0.1, 0.15) is 22.9 Å². The maximum atomic E-state index is 14.2. The summed E-state index contributed by atoms with van der Waals surface area (Å²) in [6, 6.07) is 4.60. The highest BCUT2D eigenvalue weighted by molar-refractivity contribution is 5.77. The molecule has 3 rings (SSSR count). The van der Waals surface area contributed by atoms with Gasteiger partial charge in [0.05, 0.1) is 18.8 Å². The number of aromatic nitrogens is 1. The van der Waals surface area contributed by atoms with Gasteiger partial charge in [-0.25, -0.2) is 9.18 Å². The Bertz CT molecular complexity index is 787. The molecule has 6 nitrogen and oxygen atoms in total. The SMILES string of the molecule is O=C(OCc1conc1C(F)(F)F)C(c1ccccc1F)N1CCOCC1. The molecular formula is C17H16F4N2O4. The smallest absolute Gasteiger partial charge is 0.437 e. The van der Waals surface area contributed by atoms with E-state index in [0.29, 0.717) is 26.3 Å². The topological polar surface area (TPSA) is 64.8 Å². The molecule has 1 aromatic carbocycles. The first kappa shape index (κ1) is 19.3. The van der Waals surface area contributed by atoms with Gasteiger partial charge in [0, 0.05) is 18.7 Å². The largest absolute Gasteiger partial charge is 0.459 e. The molecule has 1 aliphatic heterocycles. The first-order valence-electron chi connectivity index (χ1n) is 8.11. The molecule has 1 aliphatic rings. The zero-order chi connectivity index (χ0) is 19.4. The van der Waals surface area contributed by atoms with E-state index in [1.165, 1.54) is 18.2 Å². The Kier molecular flexibility index (Phi) is 5.76. The minimum Gasteiger partial charge on any atom is -0.459 e. The Morgan fingerprint density at radius 1 is 1.26 bits per heavy atom. The second-order valence-corrected chi connectivity index (χ2v) is 5.87. The number of nitrogens with zero attached hydrogens (tertiary/aromatic N) is 2. The molecule has 0 spiro atoms. The fourth-order valence-electron chi connectivity index (χ4n) is 2.83. The van der Waals surface area contributed by atoms with Gasteiger partial charge in [-0.1, -0.05) is 23.4 Å². The molecule has 2 aromatic rings. The molecule has 0 N–H and O–H groups in total. The number of hydrogen-bond donors (Lipinski definition) is 0. The highest BCUT2D eigenvalue weighted by Crippen LogP contribution is 2.32. The van der Waals surface area contributed by atoms with Crippen LogP contribution in [0.25, 0.3) is 0 Å². The molecule has 1 saturated heterocycles. The van der Waals surface area contributed by atoms with Gasteiger partial charge in [0.1, 0.15) is 24.7 Å². The van der Waals surface area contributed by atoms with Crippen LogP contribution < -0.4 is 0 Å². The molecule has 0 saturated carbocycles. The summed E-state index contributed by atoms with van der Waals surface area (Å²) in [4.78, 5) is 14.3. The van der Waals surface area contributed by atoms with Gasteiger partial charge >= 0.3 is 12.1 Å². The predicted molar refractivity (Wildman–Crippen MR) is 82.8 cm³/mol. The summed E-state index contributed by atoms with van der Waals surface area (Å²) in [5.74, 6) is -1.47. The number of benzene rings is 1. The van der Waals surface area contributed by atoms with E-state index in [1.807, 2.05) is 0 Å². The van der Waals surface area contributed by atoms with Gasteiger partial charge in [-0.3, -0.25) is 4.90 Å². The lowest BCUT2D eigenvalue weighted by Crippen LogP contribution is -2.43. The minimum absolute atomic E-state index is 0.0887. The number of morpholine rings is 1. The summed E-state index contributed by atoms with van der Waals surface area (Å²) in [7, 11) is 0. The summed E-state index contributed by atoms with van der Waals surface area (Å²) in [5.41, 5.74) is -1.58. The summed E-state index contributed by atoms with van der Waals surface area (Å²) in [6.45, 7) is 0.723. The predicted octanol–water partition coefficient (Wildman–Crippen LogP) is 2.95. The van der Waals surface area contributed by atoms with Crippen molar-refractivity contribution in [3.05, 3.63) is 53.2 Å². The van der Waals surface area contributed by atoms with Gasteiger partial charge in [0.2, 0.25) is 0 Å². The number of rotatable bonds is 5. The van der Waals surface area contributed by atoms with E-state index in [-0.39, 0.29) is 5.56 Å². The van der Waals surface area contributed by atoms with E-state index < -0.39 is 41.9 Å². The maximum absolute atomic E-state index is 14.2. The fourth-order valence-corrected chi connectivity index (χ4v) is 2.83. The van der Waals surface area contributed by atoms with Crippen LogP contribution in [0, 0.1) is 5.82 Å². The van der Waals surface area contributed by atoms with Crippen molar-refractivity contribution >= 4 is 5.97 Å². The van der Waals surface area contributed by atoms with Crippen molar-refractivity contribution in [2.75, 3.05) is 26.3 Å². The second-order valence-electron chi connectivity index (χ2n) is 5.87. The third kappa shape index (κ3) is 4.45. The molecule has 1 aromatic heterocycles. The van der Waals surface area contributed by atoms with Crippen LogP contribution in [0.15, 0.2) is 35.1 Å². The van der Waals surface area contributed by atoms with Gasteiger partial charge in [-0.05, 0) is 6.07 Å². The molecule has 2 heterocycles. The number of esters is 1. The molecule has 0 amide bonds. The molecular weight excluding hydrogens is 372 g/mol. The molecule has 0 bridgehead atoms. The second kappa shape index (κ2) is 8.05. The lowest BCUT2D eigenvalue weighted by molar-refractivity contribution is -0.155. The van der Waals surface area contributed by atoms with E-state index in [2.05, 4.69) is 9.68 Å². The van der Waals surface area contributed by atoms with Crippen molar-refractivity contribution in [3.63, 3.8) is 0 Å². The third-order valence-corrected chi connectivity index (χ3v) is 4.12. The average molecular weight is 388 g/mol. The third-order valence-electron chi connectivity index (χ3n) is 4.12. The van der Waals surface area contributed by atoms with Crippen molar-refractivity contribution in [2.45, 2.75) is 18.8 Å². The molecule has 1 unspecified atom stereocenters. The van der Waals surface area contributed by atoms with Crippen LogP contribution in [0.4, 0.5) is 17.6 Å². The van der Waals surface area contributed by atoms with Gasteiger partial charge in [-0.2, -0.15) is 13.2 Å². The number of carbonyl (C=O) groups excluding carboxylic acids is 1. The first-order valence-corrected chi connectivity index (χ1v) is 8.11. The summed E-state index contributed by atoms with van der Waals surface area (Å²) < 4.78 is 67.4. The number of alkyl halides is 3. The van der Waals surface area contributed by atoms with Gasteiger partial charge < -0.3 is 14.0 Å². The Morgan fingerprint density at radius 2 is 1.96 bits per heavy atom. The van der Waals surface area contributed by atoms with Crippen molar-refractivity contribution in [3.8, 4) is 0 Å². The Morgan fingerprint density at radius 3 is 2.63 bits per heavy atom. The van der Waals surface area contributed by atoms with E-state index >= 15 is 0 Å². The highest BCUT2D eigenvalue weighted by Gasteiger charge is 2.38. The first-order chi connectivity index (χ1) is 12.9. The summed E-state index contributed by atoms with van der Waals surface area (Å²) in [5, 5.41) is 2.89. The van der Waals surface area contributed by atoms with E-state index in [0.717, 1.165) is 6.26 Å². The standard InChI is InChI=1S/C17H16F4N2O4/c18-13-4-2-1-3-12(13)14(23-5-7-25-8-6-23)16(24)26-9-11-10-27-22-15(11)17(19,20)21/h1-4,10,14H,5-9H2. The molecule has 10 heteroatoms. The number of carbonyl (C=O) groups is 1. The maximum Gasteiger partial charge on any atom is 0.437 e. The average Bonchev–Trinajstić information content (AvgIpc) is 3.12. The minimum atomic E-state index is -4.73. The highest BCUT2D eigenvalue weighted by atomic mass is 19.4. The van der Waals surface area contributed by atoms with E-state index in [4.69, 9.17) is 9.47 Å². The quantitative estimate of drug-likeness (QED) is 0.580. The molecule has 0 radical (unpaired) electrons. The monoisotopic (exact) mass is 388 g/mol. The van der Waals surface area contributed by atoms with Gasteiger partial charge in [0.15, 0.2) is 5.69 Å². The van der Waals surface area contributed by atoms with Crippen molar-refractivity contribution in [1.82, 2.24) is 10.1 Å². The Labute approximate surface area is 151 Å². The van der Waals surface area contributed by atoms with Crippen molar-refractivity contribution < 1.29 is 36.4 Å². The number of ether oxygens (including phenoxy) is 2. The zero-order valence-corrected chi connectivity index (χ0v) is 14.0. The molecule has 146 valence electrons. The zero-order valence-electron chi connectivity index (χ0n) is 14.0. The van der Waals surface area contributed by atoms with Crippen LogP contribution in [0.5, 0.6) is 0 Å². The summed E-state index contributed by atoms with van der Waals surface area (Å²) >= 11 is 0. The molecule has 1 atom stereocenters. The van der Waals surface area contributed by atoms with Crippen LogP contribution in [-0.4, -0.2) is 42.3 Å². The molecule has 27 heavy (non-hydrogen) atoms. The lowest BCUT2D eigenvalue weighted by atomic mass is 10.0. The van der Waals surface area contributed by atoms with Crippen LogP contribution >= 0.6 is 0 Å². The van der Waals surface area contributed by atoms with Crippen molar-refractivity contribution in [2.24, 2.45) is 0 Å². The van der Waals surface area contributed by atoms with Crippen LogP contribution in [-0.2, 0) is 27.1 Å². The van der Waals surface area contributed by atoms with Gasteiger partial charge in [0.25, 0.3) is 0 Å². The van der Waals surface area contributed by atoms with Crippen molar-refractivity contribution in [1.29, 1.82) is 0 Å². The lowest BCUT2D eigenvalue weighted by Gasteiger charge is -2.33. The molecule has 0 aliphatic carbocycles. The van der Waals surface area contributed by atoms with Gasteiger partial charge in [-0.15, -0.1) is 0 Å². The normalized spacial score (nSPS) is 16.9. The molecule has 1 fully saturated rings. The Balaban J connectivity index is 1.79. The van der Waals surface area contributed by atoms with E-state index in [1.54, 1.807) is 11.0 Å². The van der Waals surface area contributed by atoms with Crippen LogP contribution in [0.2, 0.25) is 0 Å². The number of hydrogen-bond acceptors (Lipinski definition) is 6. The fraction of sp³-hybridized carbons (Fsp3) is 0.412. The van der Waals surface area contributed by atoms with E-state index in [9.17, 15) is 22.4 Å². The Hall–Kier alpha value is -2.46. The van der Waals surface area contributed by atoms with Crippen LogP contribution in [0.3, 0.4) is 0 Å².